The summed E-state index contributed by atoms with van der Waals surface area (Å²) in [5.41, 5.74) is -1.22. The monoisotopic (exact) mass is 181 g/mol. The Morgan fingerprint density at radius 2 is 2.31 bits per heavy atom. The minimum Gasteiger partial charge on any atom is -0.367 e. The van der Waals surface area contributed by atoms with Gasteiger partial charge in [-0.25, -0.2) is 8.78 Å². The van der Waals surface area contributed by atoms with E-state index in [2.05, 4.69) is 4.98 Å². The number of hydrogen-bond donors (Lipinski definition) is 1. The van der Waals surface area contributed by atoms with Crippen LogP contribution < -0.4 is 0 Å². The normalized spacial score (nSPS) is 27.4. The lowest BCUT2D eigenvalue weighted by molar-refractivity contribution is 0.217. The van der Waals surface area contributed by atoms with Crippen LogP contribution in [-0.4, -0.2) is 4.98 Å². The fraction of sp³-hybridized carbons (Fsp3) is 0.200. The van der Waals surface area contributed by atoms with Crippen molar-refractivity contribution in [2.45, 2.75) is 12.1 Å². The van der Waals surface area contributed by atoms with E-state index in [1.54, 1.807) is 18.5 Å². The first kappa shape index (κ1) is 8.23. The number of rotatable bonds is 1. The van der Waals surface area contributed by atoms with Gasteiger partial charge in [0.1, 0.15) is 5.83 Å². The van der Waals surface area contributed by atoms with Crippen molar-refractivity contribution in [3.63, 3.8) is 0 Å². The molecule has 1 heterocycles. The van der Waals surface area contributed by atoms with E-state index in [4.69, 9.17) is 0 Å². The van der Waals surface area contributed by atoms with Crippen LogP contribution >= 0.6 is 0 Å². The molecule has 0 radical (unpaired) electrons. The van der Waals surface area contributed by atoms with Crippen molar-refractivity contribution in [2.75, 3.05) is 0 Å². The van der Waals surface area contributed by atoms with E-state index in [9.17, 15) is 8.78 Å². The van der Waals surface area contributed by atoms with Crippen molar-refractivity contribution < 1.29 is 8.78 Å². The highest BCUT2D eigenvalue weighted by Gasteiger charge is 2.32. The second-order valence-electron chi connectivity index (χ2n) is 3.11. The molecule has 1 aliphatic rings. The van der Waals surface area contributed by atoms with Crippen molar-refractivity contribution in [2.24, 2.45) is 0 Å². The van der Waals surface area contributed by atoms with Crippen LogP contribution in [-0.2, 0) is 5.67 Å². The topological polar surface area (TPSA) is 15.8 Å². The van der Waals surface area contributed by atoms with Gasteiger partial charge in [-0.2, -0.15) is 0 Å². The van der Waals surface area contributed by atoms with Gasteiger partial charge in [-0.15, -0.1) is 0 Å². The molecular formula is C10H9F2N. The summed E-state index contributed by atoms with van der Waals surface area (Å²) < 4.78 is 26.8. The molecule has 2 rings (SSSR count). The van der Waals surface area contributed by atoms with E-state index < -0.39 is 11.5 Å². The number of H-pyrrole nitrogens is 1. The Labute approximate surface area is 74.8 Å². The van der Waals surface area contributed by atoms with Crippen LogP contribution in [0, 0.1) is 0 Å². The number of halogens is 2. The third kappa shape index (κ3) is 1.41. The summed E-state index contributed by atoms with van der Waals surface area (Å²) in [7, 11) is 0. The van der Waals surface area contributed by atoms with Gasteiger partial charge >= 0.3 is 0 Å². The van der Waals surface area contributed by atoms with Gasteiger partial charge in [0, 0.05) is 24.4 Å². The molecule has 1 aromatic heterocycles. The van der Waals surface area contributed by atoms with Crippen molar-refractivity contribution in [1.82, 2.24) is 4.98 Å². The lowest BCUT2D eigenvalue weighted by Crippen LogP contribution is -2.18. The summed E-state index contributed by atoms with van der Waals surface area (Å²) >= 11 is 0. The van der Waals surface area contributed by atoms with Crippen LogP contribution in [0.4, 0.5) is 8.78 Å². The zero-order chi connectivity index (χ0) is 9.31. The molecule has 13 heavy (non-hydrogen) atoms. The van der Waals surface area contributed by atoms with Crippen molar-refractivity contribution in [3.05, 3.63) is 48.1 Å². The Hall–Kier alpha value is -1.38. The van der Waals surface area contributed by atoms with Crippen molar-refractivity contribution in [1.29, 1.82) is 0 Å². The minimum atomic E-state index is -1.68. The van der Waals surface area contributed by atoms with E-state index in [0.717, 1.165) is 0 Å². The summed E-state index contributed by atoms with van der Waals surface area (Å²) in [6.07, 6.45) is 7.03. The number of hydrogen-bond acceptors (Lipinski definition) is 0. The zero-order valence-electron chi connectivity index (χ0n) is 6.93. The maximum atomic E-state index is 14.0. The Balaban J connectivity index is 2.34. The lowest BCUT2D eigenvalue weighted by atomic mass is 9.91. The Kier molecular flexibility index (Phi) is 1.79. The summed E-state index contributed by atoms with van der Waals surface area (Å²) in [6, 6.07) is 1.61. The minimum absolute atomic E-state index is 0.207. The van der Waals surface area contributed by atoms with Crippen LogP contribution in [0.1, 0.15) is 12.0 Å². The molecule has 0 amide bonds. The van der Waals surface area contributed by atoms with Crippen LogP contribution in [0.2, 0.25) is 0 Å². The van der Waals surface area contributed by atoms with E-state index in [0.29, 0.717) is 5.56 Å². The molecule has 0 saturated heterocycles. The molecule has 3 heteroatoms. The largest absolute Gasteiger partial charge is 0.367 e. The summed E-state index contributed by atoms with van der Waals surface area (Å²) in [5.74, 6) is -0.425. The highest BCUT2D eigenvalue weighted by Crippen LogP contribution is 2.36. The number of nitrogens with one attached hydrogen (secondary N) is 1. The number of aromatic amines is 1. The first-order chi connectivity index (χ1) is 6.21. The molecule has 0 saturated carbocycles. The van der Waals surface area contributed by atoms with Gasteiger partial charge in [0.05, 0.1) is 0 Å². The summed E-state index contributed by atoms with van der Waals surface area (Å²) in [6.45, 7) is 0. The zero-order valence-corrected chi connectivity index (χ0v) is 6.93. The Morgan fingerprint density at radius 3 is 2.92 bits per heavy atom. The molecule has 1 unspecified atom stereocenters. The fourth-order valence-corrected chi connectivity index (χ4v) is 1.45. The van der Waals surface area contributed by atoms with E-state index in [-0.39, 0.29) is 6.42 Å². The SMILES string of the molecule is FC1=CC=CC(F)(c2cc[nH]c2)C1. The predicted molar refractivity (Wildman–Crippen MR) is 46.5 cm³/mol. The molecule has 0 fully saturated rings. The fourth-order valence-electron chi connectivity index (χ4n) is 1.45. The van der Waals surface area contributed by atoms with Crippen LogP contribution in [0.25, 0.3) is 0 Å². The first-order valence-electron chi connectivity index (χ1n) is 4.07. The third-order valence-corrected chi connectivity index (χ3v) is 2.14. The number of alkyl halides is 1. The molecule has 1 aliphatic carbocycles. The number of allylic oxidation sites excluding steroid dienone is 4. The van der Waals surface area contributed by atoms with Gasteiger partial charge in [-0.3, -0.25) is 0 Å². The van der Waals surface area contributed by atoms with Gasteiger partial charge in [0.25, 0.3) is 0 Å². The smallest absolute Gasteiger partial charge is 0.162 e. The molecule has 0 aromatic carbocycles. The van der Waals surface area contributed by atoms with Crippen LogP contribution in [0.15, 0.2) is 42.5 Å². The van der Waals surface area contributed by atoms with E-state index in [1.165, 1.54) is 18.2 Å². The standard InChI is InChI=1S/C10H9F2N/c11-9-2-1-4-10(12,6-9)8-3-5-13-7-8/h1-5,7,13H,6H2. The molecule has 1 nitrogen and oxygen atoms in total. The van der Waals surface area contributed by atoms with Gasteiger partial charge in [0.2, 0.25) is 0 Å². The maximum absolute atomic E-state index is 14.0. The summed E-state index contributed by atoms with van der Waals surface area (Å²) in [4.78, 5) is 2.75. The second-order valence-corrected chi connectivity index (χ2v) is 3.11. The second kappa shape index (κ2) is 2.83. The van der Waals surface area contributed by atoms with Crippen LogP contribution in [0.5, 0.6) is 0 Å². The van der Waals surface area contributed by atoms with E-state index >= 15 is 0 Å². The highest BCUT2D eigenvalue weighted by atomic mass is 19.1. The molecule has 1 atom stereocenters. The molecular weight excluding hydrogens is 172 g/mol. The van der Waals surface area contributed by atoms with Crippen molar-refractivity contribution >= 4 is 0 Å². The number of aromatic nitrogens is 1. The lowest BCUT2D eigenvalue weighted by Gasteiger charge is -2.21. The molecule has 0 bridgehead atoms. The molecule has 0 spiro atoms. The molecule has 0 aliphatic heterocycles. The first-order valence-corrected chi connectivity index (χ1v) is 4.07. The average molecular weight is 181 g/mol. The van der Waals surface area contributed by atoms with Gasteiger partial charge in [0.15, 0.2) is 5.67 Å². The van der Waals surface area contributed by atoms with Crippen molar-refractivity contribution in [3.8, 4) is 0 Å². The quantitative estimate of drug-likeness (QED) is 0.685. The molecule has 68 valence electrons. The average Bonchev–Trinajstić information content (AvgIpc) is 2.55. The van der Waals surface area contributed by atoms with Gasteiger partial charge < -0.3 is 4.98 Å². The molecule has 1 N–H and O–H groups in total. The van der Waals surface area contributed by atoms with Crippen LogP contribution in [0.3, 0.4) is 0 Å². The highest BCUT2D eigenvalue weighted by molar-refractivity contribution is 5.32. The molecule has 1 aromatic rings. The Bertz CT molecular complexity index is 351. The maximum Gasteiger partial charge on any atom is 0.162 e. The predicted octanol–water partition coefficient (Wildman–Crippen LogP) is 2.99. The summed E-state index contributed by atoms with van der Waals surface area (Å²) in [5, 5.41) is 0. The third-order valence-electron chi connectivity index (χ3n) is 2.14. The van der Waals surface area contributed by atoms with E-state index in [1.807, 2.05) is 0 Å². The van der Waals surface area contributed by atoms with Gasteiger partial charge in [-0.1, -0.05) is 6.08 Å². The Morgan fingerprint density at radius 1 is 1.46 bits per heavy atom. The van der Waals surface area contributed by atoms with Gasteiger partial charge in [-0.05, 0) is 18.2 Å².